The summed E-state index contributed by atoms with van der Waals surface area (Å²) < 4.78 is 11.6. The highest BCUT2D eigenvalue weighted by Crippen LogP contribution is 2.08. The van der Waals surface area contributed by atoms with Crippen molar-refractivity contribution in [3.8, 4) is 0 Å². The van der Waals surface area contributed by atoms with Crippen LogP contribution in [0.15, 0.2) is 0 Å². The van der Waals surface area contributed by atoms with Crippen LogP contribution in [-0.4, -0.2) is 41.7 Å². The van der Waals surface area contributed by atoms with Gasteiger partial charge in [0.1, 0.15) is 0 Å². The maximum atomic E-state index is 11.1. The van der Waals surface area contributed by atoms with Crippen molar-refractivity contribution in [1.82, 2.24) is 15.0 Å². The van der Waals surface area contributed by atoms with Crippen molar-refractivity contribution in [2.75, 3.05) is 20.8 Å². The number of primary amides is 1. The van der Waals surface area contributed by atoms with Crippen molar-refractivity contribution < 1.29 is 14.3 Å². The number of amides is 1. The summed E-state index contributed by atoms with van der Waals surface area (Å²) in [4.78, 5) is 11.1. The Bertz CT molecular complexity index is 364. The number of methoxy groups -OCH3 is 2. The van der Waals surface area contributed by atoms with Crippen LogP contribution in [0, 0.1) is 0 Å². The smallest absolute Gasteiger partial charge is 0.271 e. The lowest BCUT2D eigenvalue weighted by Gasteiger charge is -2.06. The lowest BCUT2D eigenvalue weighted by Crippen LogP contribution is -2.16. The van der Waals surface area contributed by atoms with Crippen LogP contribution >= 0.6 is 0 Å². The van der Waals surface area contributed by atoms with Gasteiger partial charge in [-0.25, -0.2) is 4.68 Å². The highest BCUT2D eigenvalue weighted by molar-refractivity contribution is 5.91. The molecule has 0 aliphatic heterocycles. The van der Waals surface area contributed by atoms with Gasteiger partial charge in [-0.3, -0.25) is 4.79 Å². The molecule has 7 nitrogen and oxygen atoms in total. The summed E-state index contributed by atoms with van der Waals surface area (Å²) in [6.07, 6.45) is 1.82. The SMILES string of the molecule is COCCCCn1nnc(C(N)=O)c1COC. The van der Waals surface area contributed by atoms with E-state index in [1.807, 2.05) is 0 Å². The third-order valence-electron chi connectivity index (χ3n) is 2.32. The van der Waals surface area contributed by atoms with E-state index in [1.165, 1.54) is 0 Å². The topological polar surface area (TPSA) is 92.3 Å². The quantitative estimate of drug-likeness (QED) is 0.645. The molecule has 0 aliphatic carbocycles. The second kappa shape index (κ2) is 6.97. The minimum atomic E-state index is -0.583. The summed E-state index contributed by atoms with van der Waals surface area (Å²) in [5.41, 5.74) is 6.01. The van der Waals surface area contributed by atoms with Crippen LogP contribution in [0.1, 0.15) is 29.0 Å². The number of aromatic nitrogens is 3. The van der Waals surface area contributed by atoms with E-state index in [4.69, 9.17) is 15.2 Å². The highest BCUT2D eigenvalue weighted by atomic mass is 16.5. The zero-order valence-corrected chi connectivity index (χ0v) is 10.2. The minimum absolute atomic E-state index is 0.179. The molecule has 0 spiro atoms. The van der Waals surface area contributed by atoms with Crippen LogP contribution in [0.5, 0.6) is 0 Å². The van der Waals surface area contributed by atoms with Crippen LogP contribution in [0.4, 0.5) is 0 Å². The van der Waals surface area contributed by atoms with Gasteiger partial charge in [-0.2, -0.15) is 0 Å². The average molecular weight is 242 g/mol. The molecule has 0 aromatic carbocycles. The minimum Gasteiger partial charge on any atom is -0.385 e. The fraction of sp³-hybridized carbons (Fsp3) is 0.700. The predicted octanol–water partition coefficient (Wildman–Crippen LogP) is -0.0500. The Morgan fingerprint density at radius 2 is 2.12 bits per heavy atom. The molecule has 0 saturated heterocycles. The summed E-state index contributed by atoms with van der Waals surface area (Å²) in [6, 6.07) is 0. The van der Waals surface area contributed by atoms with Crippen molar-refractivity contribution >= 4 is 5.91 Å². The largest absolute Gasteiger partial charge is 0.385 e. The zero-order valence-electron chi connectivity index (χ0n) is 10.2. The molecular formula is C10H18N4O3. The summed E-state index contributed by atoms with van der Waals surface area (Å²) in [7, 11) is 3.21. The number of hydrogen-bond donors (Lipinski definition) is 1. The second-order valence-electron chi connectivity index (χ2n) is 3.61. The molecule has 1 aromatic rings. The van der Waals surface area contributed by atoms with E-state index in [0.717, 1.165) is 12.8 Å². The lowest BCUT2D eigenvalue weighted by molar-refractivity contribution is 0.0989. The molecule has 1 aromatic heterocycles. The van der Waals surface area contributed by atoms with Gasteiger partial charge in [-0.15, -0.1) is 5.10 Å². The molecule has 0 saturated carbocycles. The Hall–Kier alpha value is -1.47. The molecule has 0 radical (unpaired) electrons. The summed E-state index contributed by atoms with van der Waals surface area (Å²) in [5.74, 6) is -0.583. The van der Waals surface area contributed by atoms with E-state index in [9.17, 15) is 4.79 Å². The van der Waals surface area contributed by atoms with Crippen LogP contribution < -0.4 is 5.73 Å². The lowest BCUT2D eigenvalue weighted by atomic mass is 10.3. The molecule has 0 fully saturated rings. The van der Waals surface area contributed by atoms with Crippen LogP contribution in [0.2, 0.25) is 0 Å². The third kappa shape index (κ3) is 3.79. The monoisotopic (exact) mass is 242 g/mol. The van der Waals surface area contributed by atoms with E-state index < -0.39 is 5.91 Å². The molecular weight excluding hydrogens is 224 g/mol. The molecule has 1 heterocycles. The molecule has 0 atom stereocenters. The Labute approximate surface area is 99.9 Å². The number of rotatable bonds is 8. The van der Waals surface area contributed by atoms with E-state index in [0.29, 0.717) is 18.8 Å². The Morgan fingerprint density at radius 3 is 2.71 bits per heavy atom. The van der Waals surface area contributed by atoms with E-state index in [-0.39, 0.29) is 12.3 Å². The number of nitrogens with zero attached hydrogens (tertiary/aromatic N) is 3. The molecule has 17 heavy (non-hydrogen) atoms. The molecule has 7 heteroatoms. The van der Waals surface area contributed by atoms with Crippen molar-refractivity contribution in [2.45, 2.75) is 26.0 Å². The standard InChI is InChI=1S/C10H18N4O3/c1-16-6-4-3-5-14-8(7-17-2)9(10(11)15)12-13-14/h3-7H2,1-2H3,(H2,11,15). The number of carbonyl (C=O) groups is 1. The fourth-order valence-corrected chi connectivity index (χ4v) is 1.49. The first kappa shape index (κ1) is 13.6. The number of nitrogens with two attached hydrogens (primary N) is 1. The van der Waals surface area contributed by atoms with Gasteiger partial charge in [0.25, 0.3) is 5.91 Å². The normalized spacial score (nSPS) is 10.7. The van der Waals surface area contributed by atoms with Gasteiger partial charge in [0.05, 0.1) is 12.3 Å². The van der Waals surface area contributed by atoms with Gasteiger partial charge < -0.3 is 15.2 Å². The molecule has 0 bridgehead atoms. The maximum absolute atomic E-state index is 11.1. The predicted molar refractivity (Wildman–Crippen MR) is 60.4 cm³/mol. The van der Waals surface area contributed by atoms with Crippen LogP contribution in [-0.2, 0) is 22.6 Å². The summed E-state index contributed by atoms with van der Waals surface area (Å²) >= 11 is 0. The van der Waals surface area contributed by atoms with Gasteiger partial charge in [-0.05, 0) is 12.8 Å². The number of carbonyl (C=O) groups excluding carboxylic acids is 1. The summed E-state index contributed by atoms with van der Waals surface area (Å²) in [5, 5.41) is 7.66. The Morgan fingerprint density at radius 1 is 1.35 bits per heavy atom. The molecule has 1 amide bonds. The number of hydrogen-bond acceptors (Lipinski definition) is 5. The second-order valence-corrected chi connectivity index (χ2v) is 3.61. The van der Waals surface area contributed by atoms with Crippen LogP contribution in [0.3, 0.4) is 0 Å². The first-order chi connectivity index (χ1) is 8.20. The summed E-state index contributed by atoms with van der Waals surface area (Å²) in [6.45, 7) is 1.65. The van der Waals surface area contributed by atoms with Crippen LogP contribution in [0.25, 0.3) is 0 Å². The maximum Gasteiger partial charge on any atom is 0.271 e. The van der Waals surface area contributed by atoms with Crippen molar-refractivity contribution in [3.63, 3.8) is 0 Å². The van der Waals surface area contributed by atoms with Gasteiger partial charge >= 0.3 is 0 Å². The van der Waals surface area contributed by atoms with Crippen molar-refractivity contribution in [1.29, 1.82) is 0 Å². The van der Waals surface area contributed by atoms with E-state index in [2.05, 4.69) is 10.3 Å². The fourth-order valence-electron chi connectivity index (χ4n) is 1.49. The van der Waals surface area contributed by atoms with E-state index >= 15 is 0 Å². The first-order valence-corrected chi connectivity index (χ1v) is 5.40. The zero-order chi connectivity index (χ0) is 12.7. The van der Waals surface area contributed by atoms with Crippen molar-refractivity contribution in [2.24, 2.45) is 5.73 Å². The molecule has 2 N–H and O–H groups in total. The van der Waals surface area contributed by atoms with E-state index in [1.54, 1.807) is 18.9 Å². The van der Waals surface area contributed by atoms with Gasteiger partial charge in [-0.1, -0.05) is 5.21 Å². The molecule has 0 aliphatic rings. The Balaban J connectivity index is 2.67. The number of aryl methyl sites for hydroxylation is 1. The first-order valence-electron chi connectivity index (χ1n) is 5.40. The number of ether oxygens (including phenoxy) is 2. The highest BCUT2D eigenvalue weighted by Gasteiger charge is 2.16. The van der Waals surface area contributed by atoms with Gasteiger partial charge in [0, 0.05) is 27.4 Å². The van der Waals surface area contributed by atoms with Gasteiger partial charge in [0.2, 0.25) is 0 Å². The molecule has 1 rings (SSSR count). The van der Waals surface area contributed by atoms with Gasteiger partial charge in [0.15, 0.2) is 5.69 Å². The Kier molecular flexibility index (Phi) is 5.58. The third-order valence-corrected chi connectivity index (χ3v) is 2.32. The number of unbranched alkanes of at least 4 members (excludes halogenated alkanes) is 1. The van der Waals surface area contributed by atoms with Crippen molar-refractivity contribution in [3.05, 3.63) is 11.4 Å². The average Bonchev–Trinajstić information content (AvgIpc) is 2.69. The molecule has 0 unspecified atom stereocenters. The molecule has 96 valence electrons.